The SMILES string of the molecule is O=C(NCCCNCc1ccc(Cl)c(Cl)c1)Nc1ccc(C(F)(F)F)cc1. The molecule has 0 aromatic heterocycles. The molecule has 0 fully saturated rings. The van der Waals surface area contributed by atoms with Gasteiger partial charge in [-0.15, -0.1) is 0 Å². The van der Waals surface area contributed by atoms with Crippen LogP contribution in [0.15, 0.2) is 42.5 Å². The number of hydrogen-bond acceptors (Lipinski definition) is 2. The molecule has 3 N–H and O–H groups in total. The van der Waals surface area contributed by atoms with Gasteiger partial charge in [-0.05, 0) is 54.9 Å². The standard InChI is InChI=1S/C18H18Cl2F3N3O/c19-15-7-2-12(10-16(15)20)11-24-8-1-9-25-17(27)26-14-5-3-13(4-6-14)18(21,22)23/h2-7,10,24H,1,8-9,11H2,(H2,25,26,27). The van der Waals surface area contributed by atoms with E-state index in [0.717, 1.165) is 17.7 Å². The van der Waals surface area contributed by atoms with Crippen LogP contribution >= 0.6 is 23.2 Å². The second kappa shape index (κ2) is 9.82. The van der Waals surface area contributed by atoms with Crippen molar-refractivity contribution in [3.63, 3.8) is 0 Å². The Morgan fingerprint density at radius 1 is 0.963 bits per heavy atom. The second-order valence-corrected chi connectivity index (χ2v) is 6.55. The first-order valence-corrected chi connectivity index (χ1v) is 8.88. The molecular formula is C18H18Cl2F3N3O. The van der Waals surface area contributed by atoms with E-state index < -0.39 is 17.8 Å². The predicted octanol–water partition coefficient (Wildman–Crippen LogP) is 5.31. The molecule has 0 aliphatic heterocycles. The molecule has 2 aromatic rings. The van der Waals surface area contributed by atoms with E-state index in [4.69, 9.17) is 23.2 Å². The third-order valence-corrected chi connectivity index (χ3v) is 4.34. The fraction of sp³-hybridized carbons (Fsp3) is 0.278. The van der Waals surface area contributed by atoms with E-state index in [9.17, 15) is 18.0 Å². The first-order chi connectivity index (χ1) is 12.8. The van der Waals surface area contributed by atoms with Crippen molar-refractivity contribution in [1.82, 2.24) is 10.6 Å². The van der Waals surface area contributed by atoms with E-state index in [2.05, 4.69) is 16.0 Å². The number of urea groups is 1. The Labute approximate surface area is 165 Å². The third-order valence-electron chi connectivity index (χ3n) is 3.60. The molecule has 4 nitrogen and oxygen atoms in total. The van der Waals surface area contributed by atoms with E-state index in [1.807, 2.05) is 6.07 Å². The normalized spacial score (nSPS) is 11.3. The van der Waals surface area contributed by atoms with Crippen molar-refractivity contribution in [1.29, 1.82) is 0 Å². The molecule has 0 radical (unpaired) electrons. The van der Waals surface area contributed by atoms with Crippen LogP contribution in [-0.4, -0.2) is 19.1 Å². The highest BCUT2D eigenvalue weighted by atomic mass is 35.5. The lowest BCUT2D eigenvalue weighted by molar-refractivity contribution is -0.137. The third kappa shape index (κ3) is 7.28. The van der Waals surface area contributed by atoms with Crippen molar-refractivity contribution >= 4 is 34.9 Å². The molecule has 0 saturated carbocycles. The van der Waals surface area contributed by atoms with Gasteiger partial charge in [-0.2, -0.15) is 13.2 Å². The maximum absolute atomic E-state index is 12.5. The number of carbonyl (C=O) groups is 1. The summed E-state index contributed by atoms with van der Waals surface area (Å²) in [6.45, 7) is 1.70. The number of halogens is 5. The molecular weight excluding hydrogens is 402 g/mol. The Hall–Kier alpha value is -1.96. The smallest absolute Gasteiger partial charge is 0.338 e. The Morgan fingerprint density at radius 2 is 1.67 bits per heavy atom. The van der Waals surface area contributed by atoms with Gasteiger partial charge in [-0.3, -0.25) is 0 Å². The number of nitrogens with one attached hydrogen (secondary N) is 3. The summed E-state index contributed by atoms with van der Waals surface area (Å²) in [7, 11) is 0. The number of anilines is 1. The molecule has 27 heavy (non-hydrogen) atoms. The van der Waals surface area contributed by atoms with E-state index in [-0.39, 0.29) is 0 Å². The highest BCUT2D eigenvalue weighted by Crippen LogP contribution is 2.29. The van der Waals surface area contributed by atoms with Gasteiger partial charge in [0.15, 0.2) is 0 Å². The number of hydrogen-bond donors (Lipinski definition) is 3. The average molecular weight is 420 g/mol. The fourth-order valence-electron chi connectivity index (χ4n) is 2.22. The summed E-state index contributed by atoms with van der Waals surface area (Å²) in [6.07, 6.45) is -3.72. The summed E-state index contributed by atoms with van der Waals surface area (Å²) < 4.78 is 37.4. The van der Waals surface area contributed by atoms with E-state index in [1.165, 1.54) is 12.1 Å². The minimum absolute atomic E-state index is 0.290. The Bertz CT molecular complexity index is 767. The summed E-state index contributed by atoms with van der Waals surface area (Å²) in [5.41, 5.74) is 0.525. The van der Waals surface area contributed by atoms with Crippen LogP contribution in [0.5, 0.6) is 0 Å². The minimum atomic E-state index is -4.40. The van der Waals surface area contributed by atoms with Crippen molar-refractivity contribution in [2.24, 2.45) is 0 Å². The van der Waals surface area contributed by atoms with Crippen molar-refractivity contribution in [3.8, 4) is 0 Å². The van der Waals surface area contributed by atoms with Crippen LogP contribution < -0.4 is 16.0 Å². The molecule has 0 aliphatic carbocycles. The first kappa shape index (κ1) is 21.3. The van der Waals surface area contributed by atoms with E-state index in [1.54, 1.807) is 12.1 Å². The van der Waals surface area contributed by atoms with Gasteiger partial charge in [0, 0.05) is 18.8 Å². The van der Waals surface area contributed by atoms with Crippen molar-refractivity contribution in [2.75, 3.05) is 18.4 Å². The highest BCUT2D eigenvalue weighted by Gasteiger charge is 2.29. The van der Waals surface area contributed by atoms with Gasteiger partial charge in [0.05, 0.1) is 15.6 Å². The van der Waals surface area contributed by atoms with Crippen molar-refractivity contribution in [3.05, 3.63) is 63.6 Å². The Morgan fingerprint density at radius 3 is 2.30 bits per heavy atom. The van der Waals surface area contributed by atoms with Gasteiger partial charge in [0.1, 0.15) is 0 Å². The highest BCUT2D eigenvalue weighted by molar-refractivity contribution is 6.42. The minimum Gasteiger partial charge on any atom is -0.338 e. The molecule has 2 aromatic carbocycles. The number of amides is 2. The molecule has 0 aliphatic rings. The number of alkyl halides is 3. The quantitative estimate of drug-likeness (QED) is 0.532. The Balaban J connectivity index is 1.62. The maximum atomic E-state index is 12.5. The first-order valence-electron chi connectivity index (χ1n) is 8.12. The van der Waals surface area contributed by atoms with Crippen LogP contribution in [0.1, 0.15) is 17.5 Å². The topological polar surface area (TPSA) is 53.2 Å². The average Bonchev–Trinajstić information content (AvgIpc) is 2.60. The predicted molar refractivity (Wildman–Crippen MR) is 101 cm³/mol. The number of carbonyl (C=O) groups excluding carboxylic acids is 1. The Kier molecular flexibility index (Phi) is 7.77. The van der Waals surface area contributed by atoms with Crippen LogP contribution in [0.2, 0.25) is 10.0 Å². The summed E-state index contributed by atoms with van der Waals surface area (Å²) in [6, 6.07) is 9.17. The fourth-order valence-corrected chi connectivity index (χ4v) is 2.54. The summed E-state index contributed by atoms with van der Waals surface area (Å²) >= 11 is 11.8. The largest absolute Gasteiger partial charge is 0.416 e. The van der Waals surface area contributed by atoms with Crippen LogP contribution in [0.25, 0.3) is 0 Å². The lowest BCUT2D eigenvalue weighted by Crippen LogP contribution is -2.31. The van der Waals surface area contributed by atoms with Gasteiger partial charge < -0.3 is 16.0 Å². The molecule has 9 heteroatoms. The molecule has 0 spiro atoms. The van der Waals surface area contributed by atoms with Crippen LogP contribution in [0.4, 0.5) is 23.7 Å². The van der Waals surface area contributed by atoms with Crippen molar-refractivity contribution in [2.45, 2.75) is 19.1 Å². The zero-order valence-electron chi connectivity index (χ0n) is 14.2. The van der Waals surface area contributed by atoms with Crippen LogP contribution in [0, 0.1) is 0 Å². The lowest BCUT2D eigenvalue weighted by atomic mass is 10.2. The zero-order valence-corrected chi connectivity index (χ0v) is 15.7. The zero-order chi connectivity index (χ0) is 19.9. The maximum Gasteiger partial charge on any atom is 0.416 e. The lowest BCUT2D eigenvalue weighted by Gasteiger charge is -2.10. The molecule has 0 unspecified atom stereocenters. The van der Waals surface area contributed by atoms with Crippen molar-refractivity contribution < 1.29 is 18.0 Å². The molecule has 2 amide bonds. The second-order valence-electron chi connectivity index (χ2n) is 5.73. The van der Waals surface area contributed by atoms with Crippen LogP contribution in [0.3, 0.4) is 0 Å². The van der Waals surface area contributed by atoms with Gasteiger partial charge in [-0.25, -0.2) is 4.79 Å². The van der Waals surface area contributed by atoms with Crippen LogP contribution in [-0.2, 0) is 12.7 Å². The molecule has 0 bridgehead atoms. The summed E-state index contributed by atoms with van der Waals surface area (Å²) in [4.78, 5) is 11.7. The van der Waals surface area contributed by atoms with E-state index in [0.29, 0.717) is 41.8 Å². The van der Waals surface area contributed by atoms with Gasteiger partial charge in [0.2, 0.25) is 0 Å². The number of benzene rings is 2. The van der Waals surface area contributed by atoms with Gasteiger partial charge >= 0.3 is 12.2 Å². The van der Waals surface area contributed by atoms with Gasteiger partial charge in [-0.1, -0.05) is 29.3 Å². The monoisotopic (exact) mass is 419 g/mol. The molecule has 146 valence electrons. The number of rotatable bonds is 7. The molecule has 0 heterocycles. The molecule has 0 saturated heterocycles. The summed E-state index contributed by atoms with van der Waals surface area (Å²) in [5, 5.41) is 9.34. The molecule has 0 atom stereocenters. The molecule has 2 rings (SSSR count). The van der Waals surface area contributed by atoms with Gasteiger partial charge in [0.25, 0.3) is 0 Å². The van der Waals surface area contributed by atoms with E-state index >= 15 is 0 Å². The summed E-state index contributed by atoms with van der Waals surface area (Å²) in [5.74, 6) is 0.